The number of thiocarbonyl (C=S) groups is 1. The first-order valence-corrected chi connectivity index (χ1v) is 10.4. The van der Waals surface area contributed by atoms with Gasteiger partial charge in [0.25, 0.3) is 5.91 Å². The Morgan fingerprint density at radius 3 is 2.62 bits per heavy atom. The van der Waals surface area contributed by atoms with Crippen LogP contribution in [0.3, 0.4) is 0 Å². The molecule has 0 aliphatic heterocycles. The molecule has 0 fully saturated rings. The molecule has 0 aliphatic carbocycles. The van der Waals surface area contributed by atoms with E-state index in [4.69, 9.17) is 28.8 Å². The molecule has 0 atom stereocenters. The Morgan fingerprint density at radius 2 is 1.83 bits per heavy atom. The highest BCUT2D eigenvalue weighted by Gasteiger charge is 2.13. The van der Waals surface area contributed by atoms with E-state index in [1.165, 1.54) is 0 Å². The van der Waals surface area contributed by atoms with Crippen molar-refractivity contribution >= 4 is 62.1 Å². The number of halogens is 1. The third kappa shape index (κ3) is 4.29. The first kappa shape index (κ1) is 19.5. The largest absolute Gasteiger partial charge is 0.332 e. The Bertz CT molecular complexity index is 1200. The molecule has 0 spiro atoms. The average Bonchev–Trinajstić information content (AvgIpc) is 3.14. The minimum atomic E-state index is -0.354. The Labute approximate surface area is 182 Å². The third-order valence-corrected chi connectivity index (χ3v) is 5.99. The second kappa shape index (κ2) is 8.29. The van der Waals surface area contributed by atoms with Crippen LogP contribution in [0.15, 0.2) is 66.7 Å². The monoisotopic (exact) mass is 437 g/mol. The summed E-state index contributed by atoms with van der Waals surface area (Å²) < 4.78 is 1.14. The number of thiazole rings is 1. The molecule has 0 saturated heterocycles. The summed E-state index contributed by atoms with van der Waals surface area (Å²) in [6.07, 6.45) is 0. The van der Waals surface area contributed by atoms with E-state index >= 15 is 0 Å². The quantitative estimate of drug-likeness (QED) is 0.383. The van der Waals surface area contributed by atoms with Crippen molar-refractivity contribution in [1.29, 1.82) is 0 Å². The molecule has 4 aromatic rings. The molecule has 3 aromatic carbocycles. The van der Waals surface area contributed by atoms with Crippen LogP contribution in [0.5, 0.6) is 0 Å². The lowest BCUT2D eigenvalue weighted by Gasteiger charge is -2.13. The van der Waals surface area contributed by atoms with Gasteiger partial charge in [0.2, 0.25) is 0 Å². The normalized spacial score (nSPS) is 10.7. The third-order valence-electron chi connectivity index (χ3n) is 4.37. The van der Waals surface area contributed by atoms with Crippen molar-refractivity contribution in [1.82, 2.24) is 10.3 Å². The summed E-state index contributed by atoms with van der Waals surface area (Å²) in [6, 6.07) is 20.9. The van der Waals surface area contributed by atoms with Gasteiger partial charge in [0, 0.05) is 11.3 Å². The molecule has 144 valence electrons. The summed E-state index contributed by atoms with van der Waals surface area (Å²) in [5.41, 5.74) is 4.15. The second-order valence-electron chi connectivity index (χ2n) is 6.40. The lowest BCUT2D eigenvalue weighted by molar-refractivity contribution is 0.0978. The Morgan fingerprint density at radius 1 is 1.07 bits per heavy atom. The van der Waals surface area contributed by atoms with Crippen molar-refractivity contribution in [3.8, 4) is 10.6 Å². The highest BCUT2D eigenvalue weighted by atomic mass is 35.5. The summed E-state index contributed by atoms with van der Waals surface area (Å²) in [7, 11) is 0. The van der Waals surface area contributed by atoms with Gasteiger partial charge in [-0.1, -0.05) is 48.0 Å². The van der Waals surface area contributed by atoms with Crippen LogP contribution in [0.1, 0.15) is 15.9 Å². The van der Waals surface area contributed by atoms with Crippen LogP contribution in [0, 0.1) is 6.92 Å². The molecule has 2 N–H and O–H groups in total. The first-order valence-electron chi connectivity index (χ1n) is 8.85. The molecular formula is C22H16ClN3OS2. The number of para-hydroxylation sites is 1. The number of aryl methyl sites for hydroxylation is 1. The molecule has 4 rings (SSSR count). The zero-order valence-corrected chi connectivity index (χ0v) is 17.8. The van der Waals surface area contributed by atoms with E-state index < -0.39 is 0 Å². The maximum absolute atomic E-state index is 12.4. The van der Waals surface area contributed by atoms with Gasteiger partial charge in [-0.25, -0.2) is 4.98 Å². The topological polar surface area (TPSA) is 54.0 Å². The van der Waals surface area contributed by atoms with Gasteiger partial charge in [0.1, 0.15) is 5.01 Å². The zero-order valence-electron chi connectivity index (χ0n) is 15.4. The fourth-order valence-electron chi connectivity index (χ4n) is 2.85. The van der Waals surface area contributed by atoms with Gasteiger partial charge in [-0.2, -0.15) is 0 Å². The molecule has 0 radical (unpaired) electrons. The fourth-order valence-corrected chi connectivity index (χ4v) is 4.24. The number of carbonyl (C=O) groups is 1. The standard InChI is InChI=1S/C22H16ClN3OS2/c1-13-10-11-14(21-24-17-8-4-5-9-19(17)29-21)12-18(13)25-22(28)26-20(27)15-6-2-3-7-16(15)23/h2-12H,1H3,(H2,25,26,27,28). The van der Waals surface area contributed by atoms with Crippen molar-refractivity contribution in [3.63, 3.8) is 0 Å². The van der Waals surface area contributed by atoms with Crippen LogP contribution in [0.25, 0.3) is 20.8 Å². The minimum absolute atomic E-state index is 0.208. The van der Waals surface area contributed by atoms with Crippen molar-refractivity contribution in [3.05, 3.63) is 82.9 Å². The molecule has 0 aliphatic rings. The molecule has 0 unspecified atom stereocenters. The number of hydrogen-bond donors (Lipinski definition) is 2. The average molecular weight is 438 g/mol. The Kier molecular flexibility index (Phi) is 5.58. The van der Waals surface area contributed by atoms with E-state index in [-0.39, 0.29) is 11.0 Å². The maximum atomic E-state index is 12.4. The fraction of sp³-hybridized carbons (Fsp3) is 0.0455. The SMILES string of the molecule is Cc1ccc(-c2nc3ccccc3s2)cc1NC(=S)NC(=O)c1ccccc1Cl. The van der Waals surface area contributed by atoms with Crippen molar-refractivity contribution in [2.75, 3.05) is 5.32 Å². The number of benzene rings is 3. The van der Waals surface area contributed by atoms with Gasteiger partial charge in [0.05, 0.1) is 20.8 Å². The summed E-state index contributed by atoms with van der Waals surface area (Å²) in [5, 5.41) is 7.30. The van der Waals surface area contributed by atoms with Crippen LogP contribution < -0.4 is 10.6 Å². The number of fused-ring (bicyclic) bond motifs is 1. The van der Waals surface area contributed by atoms with E-state index in [2.05, 4.69) is 16.7 Å². The highest BCUT2D eigenvalue weighted by molar-refractivity contribution is 7.80. The number of aromatic nitrogens is 1. The van der Waals surface area contributed by atoms with Gasteiger partial charge in [-0.05, 0) is 55.0 Å². The number of nitrogens with zero attached hydrogens (tertiary/aromatic N) is 1. The van der Waals surface area contributed by atoms with Gasteiger partial charge in [0.15, 0.2) is 5.11 Å². The second-order valence-corrected chi connectivity index (χ2v) is 8.25. The summed E-state index contributed by atoms with van der Waals surface area (Å²) in [5.74, 6) is -0.354. The van der Waals surface area contributed by atoms with E-state index in [0.29, 0.717) is 10.6 Å². The molecule has 7 heteroatoms. The zero-order chi connectivity index (χ0) is 20.4. The Balaban J connectivity index is 1.54. The summed E-state index contributed by atoms with van der Waals surface area (Å²) in [4.78, 5) is 17.1. The predicted molar refractivity (Wildman–Crippen MR) is 125 cm³/mol. The van der Waals surface area contributed by atoms with Crippen LogP contribution in [0.2, 0.25) is 5.02 Å². The van der Waals surface area contributed by atoms with E-state index in [0.717, 1.165) is 32.0 Å². The van der Waals surface area contributed by atoms with Crippen LogP contribution in [0.4, 0.5) is 5.69 Å². The molecule has 4 nitrogen and oxygen atoms in total. The molecule has 0 saturated carbocycles. The number of rotatable bonds is 3. The summed E-state index contributed by atoms with van der Waals surface area (Å²) in [6.45, 7) is 1.98. The van der Waals surface area contributed by atoms with Gasteiger partial charge in [-0.15, -0.1) is 11.3 Å². The molecule has 1 amide bonds. The first-order chi connectivity index (χ1) is 14.0. The van der Waals surface area contributed by atoms with E-state index in [1.54, 1.807) is 35.6 Å². The molecule has 1 aromatic heterocycles. The summed E-state index contributed by atoms with van der Waals surface area (Å²) >= 11 is 13.0. The van der Waals surface area contributed by atoms with Crippen molar-refractivity contribution in [2.24, 2.45) is 0 Å². The number of nitrogens with one attached hydrogen (secondary N) is 2. The van der Waals surface area contributed by atoms with E-state index in [9.17, 15) is 4.79 Å². The molecule has 29 heavy (non-hydrogen) atoms. The van der Waals surface area contributed by atoms with Gasteiger partial charge >= 0.3 is 0 Å². The van der Waals surface area contributed by atoms with Crippen LogP contribution >= 0.6 is 35.2 Å². The van der Waals surface area contributed by atoms with Gasteiger partial charge in [-0.3, -0.25) is 10.1 Å². The molecule has 0 bridgehead atoms. The maximum Gasteiger partial charge on any atom is 0.258 e. The van der Waals surface area contributed by atoms with E-state index in [1.807, 2.05) is 43.3 Å². The number of carbonyl (C=O) groups excluding carboxylic acids is 1. The Hall–Kier alpha value is -2.80. The molecular weight excluding hydrogens is 422 g/mol. The highest BCUT2D eigenvalue weighted by Crippen LogP contribution is 2.32. The van der Waals surface area contributed by atoms with Crippen LogP contribution in [-0.4, -0.2) is 16.0 Å². The smallest absolute Gasteiger partial charge is 0.258 e. The van der Waals surface area contributed by atoms with Crippen molar-refractivity contribution in [2.45, 2.75) is 6.92 Å². The predicted octanol–water partition coefficient (Wildman–Crippen LogP) is 6.05. The van der Waals surface area contributed by atoms with Gasteiger partial charge < -0.3 is 5.32 Å². The lowest BCUT2D eigenvalue weighted by atomic mass is 10.1. The lowest BCUT2D eigenvalue weighted by Crippen LogP contribution is -2.34. The number of hydrogen-bond acceptors (Lipinski definition) is 4. The van der Waals surface area contributed by atoms with Crippen molar-refractivity contribution < 1.29 is 4.79 Å². The number of amides is 1. The molecule has 1 heterocycles. The minimum Gasteiger partial charge on any atom is -0.332 e. The van der Waals surface area contributed by atoms with Crippen LogP contribution in [-0.2, 0) is 0 Å². The number of anilines is 1.